The maximum absolute atomic E-state index is 12.7. The summed E-state index contributed by atoms with van der Waals surface area (Å²) in [5.74, 6) is 0.972. The largest absolute Gasteiger partial charge is 0.324 e. The van der Waals surface area contributed by atoms with E-state index in [0.717, 1.165) is 22.4 Å². The zero-order chi connectivity index (χ0) is 20.3. The van der Waals surface area contributed by atoms with Crippen LogP contribution in [-0.4, -0.2) is 26.1 Å². The third-order valence-corrected chi connectivity index (χ3v) is 4.68. The number of amides is 1. The highest BCUT2D eigenvalue weighted by atomic mass is 16.2. The molecule has 3 rings (SSSR count). The number of tetrazole rings is 1. The molecular weight excluding hydrogens is 350 g/mol. The standard InChI is InChI=1S/C22H27N5O/c1-14(2)18-7-6-8-19(15(3)4)21(18)23-20(28)13-27-25-22(24-26-27)17-11-9-16(5)10-12-17/h6-12,14-15H,13H2,1-5H3,(H,23,28). The van der Waals surface area contributed by atoms with Crippen LogP contribution in [0.2, 0.25) is 0 Å². The highest BCUT2D eigenvalue weighted by Gasteiger charge is 2.17. The number of nitrogens with one attached hydrogen (secondary N) is 1. The number of anilines is 1. The first-order valence-corrected chi connectivity index (χ1v) is 9.62. The molecule has 1 amide bonds. The average Bonchev–Trinajstić information content (AvgIpc) is 3.10. The number of rotatable bonds is 6. The molecule has 0 atom stereocenters. The molecule has 1 N–H and O–H groups in total. The average molecular weight is 377 g/mol. The van der Waals surface area contributed by atoms with Crippen molar-refractivity contribution in [3.8, 4) is 11.4 Å². The quantitative estimate of drug-likeness (QED) is 0.685. The number of benzene rings is 2. The Balaban J connectivity index is 1.77. The van der Waals surface area contributed by atoms with E-state index in [9.17, 15) is 4.79 Å². The second-order valence-corrected chi connectivity index (χ2v) is 7.68. The van der Waals surface area contributed by atoms with E-state index in [1.165, 1.54) is 10.4 Å². The predicted molar refractivity (Wildman–Crippen MR) is 111 cm³/mol. The van der Waals surface area contributed by atoms with Gasteiger partial charge < -0.3 is 5.32 Å². The first-order valence-electron chi connectivity index (χ1n) is 9.62. The van der Waals surface area contributed by atoms with Crippen molar-refractivity contribution in [1.29, 1.82) is 0 Å². The van der Waals surface area contributed by atoms with Crippen molar-refractivity contribution in [2.75, 3.05) is 5.32 Å². The fourth-order valence-corrected chi connectivity index (χ4v) is 3.13. The predicted octanol–water partition coefficient (Wildman–Crippen LogP) is 4.53. The molecule has 0 aliphatic heterocycles. The summed E-state index contributed by atoms with van der Waals surface area (Å²) in [4.78, 5) is 14.0. The number of para-hydroxylation sites is 1. The Kier molecular flexibility index (Phi) is 5.87. The van der Waals surface area contributed by atoms with Crippen molar-refractivity contribution in [2.24, 2.45) is 0 Å². The molecule has 28 heavy (non-hydrogen) atoms. The molecule has 3 aromatic rings. The number of nitrogens with zero attached hydrogens (tertiary/aromatic N) is 4. The molecule has 0 aliphatic carbocycles. The Morgan fingerprint density at radius 3 is 2.18 bits per heavy atom. The van der Waals surface area contributed by atoms with Crippen LogP contribution in [-0.2, 0) is 11.3 Å². The summed E-state index contributed by atoms with van der Waals surface area (Å²) >= 11 is 0. The molecule has 0 saturated heterocycles. The van der Waals surface area contributed by atoms with E-state index in [0.29, 0.717) is 17.7 Å². The molecule has 0 fully saturated rings. The van der Waals surface area contributed by atoms with Crippen molar-refractivity contribution >= 4 is 11.6 Å². The normalized spacial score (nSPS) is 11.2. The monoisotopic (exact) mass is 377 g/mol. The number of hydrogen-bond acceptors (Lipinski definition) is 4. The van der Waals surface area contributed by atoms with Gasteiger partial charge in [0.1, 0.15) is 6.54 Å². The highest BCUT2D eigenvalue weighted by molar-refractivity contribution is 5.92. The summed E-state index contributed by atoms with van der Waals surface area (Å²) in [6.45, 7) is 10.6. The topological polar surface area (TPSA) is 72.7 Å². The minimum absolute atomic E-state index is 0.0167. The summed E-state index contributed by atoms with van der Waals surface area (Å²) in [7, 11) is 0. The van der Waals surface area contributed by atoms with E-state index in [1.807, 2.05) is 37.3 Å². The zero-order valence-corrected chi connectivity index (χ0v) is 17.1. The van der Waals surface area contributed by atoms with Gasteiger partial charge >= 0.3 is 0 Å². The lowest BCUT2D eigenvalue weighted by Crippen LogP contribution is -2.22. The van der Waals surface area contributed by atoms with Crippen LogP contribution in [0.4, 0.5) is 5.69 Å². The Bertz CT molecular complexity index is 931. The number of carbonyl (C=O) groups excluding carboxylic acids is 1. The third kappa shape index (κ3) is 4.44. The smallest absolute Gasteiger partial charge is 0.248 e. The van der Waals surface area contributed by atoms with E-state index in [1.54, 1.807) is 0 Å². The maximum Gasteiger partial charge on any atom is 0.248 e. The Hall–Kier alpha value is -3.02. The number of carbonyl (C=O) groups is 1. The lowest BCUT2D eigenvalue weighted by atomic mass is 9.92. The van der Waals surface area contributed by atoms with Gasteiger partial charge in [0.15, 0.2) is 0 Å². The fourth-order valence-electron chi connectivity index (χ4n) is 3.13. The van der Waals surface area contributed by atoms with Gasteiger partial charge in [-0.25, -0.2) is 0 Å². The van der Waals surface area contributed by atoms with Crippen LogP contribution in [0.3, 0.4) is 0 Å². The van der Waals surface area contributed by atoms with Gasteiger partial charge in [-0.2, -0.15) is 4.80 Å². The van der Waals surface area contributed by atoms with E-state index in [-0.39, 0.29) is 12.5 Å². The molecule has 0 aliphatic rings. The molecule has 0 unspecified atom stereocenters. The number of hydrogen-bond donors (Lipinski definition) is 1. The van der Waals surface area contributed by atoms with E-state index in [2.05, 4.69) is 60.6 Å². The van der Waals surface area contributed by atoms with Crippen molar-refractivity contribution in [1.82, 2.24) is 20.2 Å². The second-order valence-electron chi connectivity index (χ2n) is 7.68. The minimum atomic E-state index is -0.164. The summed E-state index contributed by atoms with van der Waals surface area (Å²) in [5, 5.41) is 15.5. The summed E-state index contributed by atoms with van der Waals surface area (Å²) in [6.07, 6.45) is 0. The van der Waals surface area contributed by atoms with Crippen LogP contribution >= 0.6 is 0 Å². The lowest BCUT2D eigenvalue weighted by Gasteiger charge is -2.20. The van der Waals surface area contributed by atoms with Crippen LogP contribution < -0.4 is 5.32 Å². The Labute approximate surface area is 166 Å². The van der Waals surface area contributed by atoms with Gasteiger partial charge in [0.2, 0.25) is 11.7 Å². The van der Waals surface area contributed by atoms with Gasteiger partial charge in [-0.05, 0) is 35.1 Å². The molecule has 1 heterocycles. The molecule has 0 radical (unpaired) electrons. The SMILES string of the molecule is Cc1ccc(-c2nnn(CC(=O)Nc3c(C(C)C)cccc3C(C)C)n2)cc1. The Morgan fingerprint density at radius 2 is 1.61 bits per heavy atom. The van der Waals surface area contributed by atoms with Crippen molar-refractivity contribution in [3.63, 3.8) is 0 Å². The molecule has 1 aromatic heterocycles. The van der Waals surface area contributed by atoms with Crippen molar-refractivity contribution in [2.45, 2.75) is 53.0 Å². The zero-order valence-electron chi connectivity index (χ0n) is 17.1. The minimum Gasteiger partial charge on any atom is -0.324 e. The number of aromatic nitrogens is 4. The summed E-state index contributed by atoms with van der Waals surface area (Å²) in [5.41, 5.74) is 5.21. The molecule has 0 saturated carbocycles. The van der Waals surface area contributed by atoms with Gasteiger partial charge in [-0.3, -0.25) is 4.79 Å². The molecule has 0 spiro atoms. The fraction of sp³-hybridized carbons (Fsp3) is 0.364. The van der Waals surface area contributed by atoms with E-state index in [4.69, 9.17) is 0 Å². The Morgan fingerprint density at radius 1 is 1.00 bits per heavy atom. The van der Waals surface area contributed by atoms with Crippen LogP contribution in [0.15, 0.2) is 42.5 Å². The van der Waals surface area contributed by atoms with Crippen LogP contribution in [0, 0.1) is 6.92 Å². The molecule has 146 valence electrons. The van der Waals surface area contributed by atoms with Gasteiger partial charge in [0.25, 0.3) is 0 Å². The molecule has 6 nitrogen and oxygen atoms in total. The maximum atomic E-state index is 12.7. The van der Waals surface area contributed by atoms with Gasteiger partial charge in [0, 0.05) is 11.3 Å². The van der Waals surface area contributed by atoms with Crippen molar-refractivity contribution < 1.29 is 4.79 Å². The highest BCUT2D eigenvalue weighted by Crippen LogP contribution is 2.32. The molecular formula is C22H27N5O. The first-order chi connectivity index (χ1) is 13.3. The molecule has 6 heteroatoms. The van der Waals surface area contributed by atoms with Crippen LogP contribution in [0.1, 0.15) is 56.2 Å². The van der Waals surface area contributed by atoms with E-state index < -0.39 is 0 Å². The van der Waals surface area contributed by atoms with Crippen LogP contribution in [0.5, 0.6) is 0 Å². The third-order valence-electron chi connectivity index (χ3n) is 4.68. The lowest BCUT2D eigenvalue weighted by molar-refractivity contribution is -0.117. The van der Waals surface area contributed by atoms with Gasteiger partial charge in [-0.15, -0.1) is 10.2 Å². The summed E-state index contributed by atoms with van der Waals surface area (Å²) < 4.78 is 0. The van der Waals surface area contributed by atoms with Gasteiger partial charge in [0.05, 0.1) is 0 Å². The molecule has 2 aromatic carbocycles. The van der Waals surface area contributed by atoms with Crippen LogP contribution in [0.25, 0.3) is 11.4 Å². The first kappa shape index (κ1) is 19.7. The van der Waals surface area contributed by atoms with Crippen molar-refractivity contribution in [3.05, 3.63) is 59.2 Å². The van der Waals surface area contributed by atoms with Gasteiger partial charge in [-0.1, -0.05) is 75.7 Å². The second kappa shape index (κ2) is 8.33. The van der Waals surface area contributed by atoms with E-state index >= 15 is 0 Å². The summed E-state index contributed by atoms with van der Waals surface area (Å²) in [6, 6.07) is 14.1. The molecule has 0 bridgehead atoms. The number of aryl methyl sites for hydroxylation is 1.